The van der Waals surface area contributed by atoms with E-state index in [0.29, 0.717) is 5.56 Å². The van der Waals surface area contributed by atoms with Gasteiger partial charge in [0.25, 0.3) is 0 Å². The maximum Gasteiger partial charge on any atom is 0.147 e. The van der Waals surface area contributed by atoms with E-state index in [2.05, 4.69) is 0 Å². The van der Waals surface area contributed by atoms with Crippen LogP contribution in [0.4, 0.5) is 4.39 Å². The van der Waals surface area contributed by atoms with E-state index in [-0.39, 0.29) is 12.2 Å². The zero-order valence-electron chi connectivity index (χ0n) is 9.27. The highest BCUT2D eigenvalue weighted by atomic mass is 32.2. The third-order valence-corrected chi connectivity index (χ3v) is 3.34. The summed E-state index contributed by atoms with van der Waals surface area (Å²) >= 11 is 0. The highest BCUT2D eigenvalue weighted by molar-refractivity contribution is 7.90. The fraction of sp³-hybridized carbons (Fsp3) is 0.455. The predicted octanol–water partition coefficient (Wildman–Crippen LogP) is 1.60. The molecule has 0 aromatic heterocycles. The van der Waals surface area contributed by atoms with Crippen LogP contribution < -0.4 is 0 Å². The van der Waals surface area contributed by atoms with Crippen LogP contribution in [0.2, 0.25) is 0 Å². The van der Waals surface area contributed by atoms with Crippen LogP contribution in [0.15, 0.2) is 18.2 Å². The zero-order valence-corrected chi connectivity index (χ0v) is 10.1. The van der Waals surface area contributed by atoms with E-state index < -0.39 is 21.8 Å². The molecule has 5 heteroatoms. The molecule has 16 heavy (non-hydrogen) atoms. The number of aryl methyl sites for hydroxylation is 1. The van der Waals surface area contributed by atoms with E-state index in [4.69, 9.17) is 0 Å². The van der Waals surface area contributed by atoms with Crippen molar-refractivity contribution in [1.82, 2.24) is 0 Å². The Kier molecular flexibility index (Phi) is 4.04. The summed E-state index contributed by atoms with van der Waals surface area (Å²) in [6, 6.07) is 4.11. The second-order valence-electron chi connectivity index (χ2n) is 3.94. The number of hydrogen-bond donors (Lipinski definition) is 1. The first kappa shape index (κ1) is 13.1. The summed E-state index contributed by atoms with van der Waals surface area (Å²) in [5, 5.41) is 9.76. The van der Waals surface area contributed by atoms with Gasteiger partial charge in [-0.25, -0.2) is 12.8 Å². The van der Waals surface area contributed by atoms with Crippen LogP contribution in [-0.4, -0.2) is 25.5 Å². The lowest BCUT2D eigenvalue weighted by molar-refractivity contribution is 0.173. The summed E-state index contributed by atoms with van der Waals surface area (Å²) in [6.07, 6.45) is 0.256. The van der Waals surface area contributed by atoms with E-state index in [9.17, 15) is 17.9 Å². The van der Waals surface area contributed by atoms with Crippen molar-refractivity contribution >= 4 is 9.84 Å². The Hall–Kier alpha value is -0.940. The molecule has 0 aliphatic rings. The van der Waals surface area contributed by atoms with Crippen molar-refractivity contribution in [3.63, 3.8) is 0 Å². The van der Waals surface area contributed by atoms with Crippen molar-refractivity contribution in [3.05, 3.63) is 35.1 Å². The SMILES string of the molecule is Cc1ccc(F)cc1C(O)CCS(C)(=O)=O. The van der Waals surface area contributed by atoms with Gasteiger partial charge in [0.2, 0.25) is 0 Å². The van der Waals surface area contributed by atoms with E-state index in [0.717, 1.165) is 11.8 Å². The largest absolute Gasteiger partial charge is 0.388 e. The van der Waals surface area contributed by atoms with Gasteiger partial charge in [0.15, 0.2) is 0 Å². The molecule has 0 bridgehead atoms. The highest BCUT2D eigenvalue weighted by Crippen LogP contribution is 2.21. The molecule has 1 aromatic rings. The van der Waals surface area contributed by atoms with Gasteiger partial charge in [-0.05, 0) is 36.6 Å². The molecule has 0 radical (unpaired) electrons. The standard InChI is InChI=1S/C11H15FO3S/c1-8-3-4-9(12)7-10(8)11(13)5-6-16(2,14)15/h3-4,7,11,13H,5-6H2,1-2H3. The van der Waals surface area contributed by atoms with E-state index in [1.54, 1.807) is 13.0 Å². The molecule has 3 nitrogen and oxygen atoms in total. The Morgan fingerprint density at radius 3 is 2.62 bits per heavy atom. The quantitative estimate of drug-likeness (QED) is 0.878. The smallest absolute Gasteiger partial charge is 0.147 e. The number of benzene rings is 1. The van der Waals surface area contributed by atoms with Crippen molar-refractivity contribution in [2.45, 2.75) is 19.4 Å². The molecule has 0 amide bonds. The van der Waals surface area contributed by atoms with Gasteiger partial charge in [-0.15, -0.1) is 0 Å². The van der Waals surface area contributed by atoms with Gasteiger partial charge in [-0.2, -0.15) is 0 Å². The van der Waals surface area contributed by atoms with Crippen molar-refractivity contribution in [1.29, 1.82) is 0 Å². The number of hydrogen-bond acceptors (Lipinski definition) is 3. The molecule has 1 aromatic carbocycles. The summed E-state index contributed by atoms with van der Waals surface area (Å²) < 4.78 is 34.8. The predicted molar refractivity (Wildman–Crippen MR) is 60.4 cm³/mol. The topological polar surface area (TPSA) is 54.4 Å². The maximum atomic E-state index is 13.0. The van der Waals surface area contributed by atoms with Gasteiger partial charge in [0.05, 0.1) is 11.9 Å². The van der Waals surface area contributed by atoms with Gasteiger partial charge >= 0.3 is 0 Å². The first-order valence-corrected chi connectivity index (χ1v) is 6.97. The van der Waals surface area contributed by atoms with Crippen LogP contribution in [0.3, 0.4) is 0 Å². The summed E-state index contributed by atoms with van der Waals surface area (Å²) in [5.74, 6) is -0.539. The number of aliphatic hydroxyl groups excluding tert-OH is 1. The lowest BCUT2D eigenvalue weighted by Gasteiger charge is -2.13. The molecular weight excluding hydrogens is 231 g/mol. The molecule has 0 spiro atoms. The van der Waals surface area contributed by atoms with Crippen molar-refractivity contribution in [2.24, 2.45) is 0 Å². The summed E-state index contributed by atoms with van der Waals surface area (Å²) in [4.78, 5) is 0. The third-order valence-electron chi connectivity index (χ3n) is 2.36. The minimum atomic E-state index is -3.10. The van der Waals surface area contributed by atoms with Crippen LogP contribution in [0.1, 0.15) is 23.7 Å². The molecular formula is C11H15FO3S. The molecule has 1 N–H and O–H groups in total. The molecule has 0 fully saturated rings. The van der Waals surface area contributed by atoms with Gasteiger partial charge in [0.1, 0.15) is 15.7 Å². The summed E-state index contributed by atoms with van der Waals surface area (Å²) in [6.45, 7) is 1.75. The number of halogens is 1. The fourth-order valence-electron chi connectivity index (χ4n) is 1.45. The highest BCUT2D eigenvalue weighted by Gasteiger charge is 2.14. The van der Waals surface area contributed by atoms with Crippen LogP contribution in [0.25, 0.3) is 0 Å². The molecule has 0 aliphatic heterocycles. The Bertz CT molecular complexity index is 468. The van der Waals surface area contributed by atoms with Crippen LogP contribution >= 0.6 is 0 Å². The zero-order chi connectivity index (χ0) is 12.3. The average Bonchev–Trinajstić information content (AvgIpc) is 2.17. The van der Waals surface area contributed by atoms with Crippen molar-refractivity contribution < 1.29 is 17.9 Å². The second kappa shape index (κ2) is 4.93. The average molecular weight is 246 g/mol. The lowest BCUT2D eigenvalue weighted by Crippen LogP contribution is -2.09. The van der Waals surface area contributed by atoms with Gasteiger partial charge in [0, 0.05) is 6.26 Å². The van der Waals surface area contributed by atoms with Crippen LogP contribution in [-0.2, 0) is 9.84 Å². The minimum absolute atomic E-state index is 0.0864. The number of rotatable bonds is 4. The molecule has 0 saturated heterocycles. The fourth-order valence-corrected chi connectivity index (χ4v) is 2.10. The van der Waals surface area contributed by atoms with Crippen LogP contribution in [0, 0.1) is 12.7 Å². The summed E-state index contributed by atoms with van der Waals surface area (Å²) in [7, 11) is -3.10. The first-order chi connectivity index (χ1) is 7.29. The van der Waals surface area contributed by atoms with E-state index in [1.165, 1.54) is 12.1 Å². The molecule has 90 valence electrons. The Labute approximate surface area is 94.8 Å². The van der Waals surface area contributed by atoms with Crippen molar-refractivity contribution in [3.8, 4) is 0 Å². The normalized spacial score (nSPS) is 13.8. The number of sulfone groups is 1. The van der Waals surface area contributed by atoms with Gasteiger partial charge in [-0.1, -0.05) is 6.07 Å². The number of aliphatic hydroxyl groups is 1. The lowest BCUT2D eigenvalue weighted by atomic mass is 10.0. The Morgan fingerprint density at radius 1 is 1.44 bits per heavy atom. The van der Waals surface area contributed by atoms with Crippen LogP contribution in [0.5, 0.6) is 0 Å². The van der Waals surface area contributed by atoms with Gasteiger partial charge in [-0.3, -0.25) is 0 Å². The molecule has 1 rings (SSSR count). The molecule has 0 heterocycles. The molecule has 1 atom stereocenters. The Balaban J connectivity index is 2.80. The first-order valence-electron chi connectivity index (χ1n) is 4.91. The molecule has 0 aliphatic carbocycles. The second-order valence-corrected chi connectivity index (χ2v) is 6.20. The molecule has 0 saturated carbocycles. The van der Waals surface area contributed by atoms with Gasteiger partial charge < -0.3 is 5.11 Å². The Morgan fingerprint density at radius 2 is 2.06 bits per heavy atom. The van der Waals surface area contributed by atoms with E-state index >= 15 is 0 Å². The third kappa shape index (κ3) is 3.90. The summed E-state index contributed by atoms with van der Waals surface area (Å²) in [5.41, 5.74) is 1.20. The van der Waals surface area contributed by atoms with E-state index in [1.807, 2.05) is 0 Å². The minimum Gasteiger partial charge on any atom is -0.388 e. The maximum absolute atomic E-state index is 13.0. The molecule has 1 unspecified atom stereocenters. The monoisotopic (exact) mass is 246 g/mol. The van der Waals surface area contributed by atoms with Crippen molar-refractivity contribution in [2.75, 3.05) is 12.0 Å².